The average Bonchev–Trinajstić information content (AvgIpc) is 3.00. The summed E-state index contributed by atoms with van der Waals surface area (Å²) in [6, 6.07) is 12.9. The van der Waals surface area contributed by atoms with Gasteiger partial charge in [-0.15, -0.1) is 0 Å². The summed E-state index contributed by atoms with van der Waals surface area (Å²) in [5, 5.41) is 1.16. The van der Waals surface area contributed by atoms with E-state index in [1.165, 1.54) is 12.1 Å². The Labute approximate surface area is 224 Å². The van der Waals surface area contributed by atoms with E-state index in [1.54, 1.807) is 6.07 Å². The molecule has 0 aromatic heterocycles. The molecule has 0 aliphatic carbocycles. The number of benzene rings is 3. The molecule has 1 saturated heterocycles. The van der Waals surface area contributed by atoms with Gasteiger partial charge in [-0.1, -0.05) is 63.2 Å². The molecule has 3 aromatic carbocycles. The third kappa shape index (κ3) is 4.73. The number of anilines is 1. The molecular formula is C29H37BF3NO3Si. The first-order valence-corrected chi connectivity index (χ1v) is 15.7. The zero-order valence-corrected chi connectivity index (χ0v) is 24.6. The Kier molecular flexibility index (Phi) is 6.78. The van der Waals surface area contributed by atoms with Crippen LogP contribution in [0.5, 0.6) is 5.75 Å². The Morgan fingerprint density at radius 3 is 1.87 bits per heavy atom. The number of fused-ring (bicyclic) bond motifs is 1. The molecule has 1 heterocycles. The van der Waals surface area contributed by atoms with Crippen LogP contribution in [-0.4, -0.2) is 26.6 Å². The minimum atomic E-state index is -4.59. The summed E-state index contributed by atoms with van der Waals surface area (Å²) in [4.78, 5) is 0. The molecule has 0 bridgehead atoms. The highest BCUT2D eigenvalue weighted by molar-refractivity contribution is 6.75. The second kappa shape index (κ2) is 9.03. The predicted octanol–water partition coefficient (Wildman–Crippen LogP) is 7.79. The molecule has 0 amide bonds. The monoisotopic (exact) mass is 543 g/mol. The van der Waals surface area contributed by atoms with Crippen molar-refractivity contribution < 1.29 is 26.9 Å². The molecule has 38 heavy (non-hydrogen) atoms. The second-order valence-corrected chi connectivity index (χ2v) is 17.3. The smallest absolute Gasteiger partial charge is 0.499 e. The van der Waals surface area contributed by atoms with Gasteiger partial charge in [0.15, 0.2) is 0 Å². The minimum Gasteiger partial charge on any atom is -0.543 e. The number of hydrogen-bond donors (Lipinski definition) is 1. The summed E-state index contributed by atoms with van der Waals surface area (Å²) in [7, 11) is -3.48. The maximum Gasteiger partial charge on any atom is 0.499 e. The third-order valence-electron chi connectivity index (χ3n) is 8.40. The number of hydrogen-bond acceptors (Lipinski definition) is 4. The second-order valence-electron chi connectivity index (χ2n) is 12.6. The summed E-state index contributed by atoms with van der Waals surface area (Å²) in [6.45, 7) is 18.2. The van der Waals surface area contributed by atoms with E-state index in [2.05, 4.69) is 33.9 Å². The van der Waals surface area contributed by atoms with E-state index in [9.17, 15) is 13.2 Å². The molecule has 204 valence electrons. The van der Waals surface area contributed by atoms with Crippen LogP contribution in [0.25, 0.3) is 21.9 Å². The first-order chi connectivity index (χ1) is 17.3. The van der Waals surface area contributed by atoms with E-state index in [4.69, 9.17) is 19.5 Å². The number of nitrogens with two attached hydrogens (primary N) is 1. The van der Waals surface area contributed by atoms with E-state index >= 15 is 0 Å². The normalized spacial score (nSPS) is 17.7. The lowest BCUT2D eigenvalue weighted by Crippen LogP contribution is -2.47. The fourth-order valence-electron chi connectivity index (χ4n) is 4.40. The average molecular weight is 544 g/mol. The quantitative estimate of drug-likeness (QED) is 0.270. The summed E-state index contributed by atoms with van der Waals surface area (Å²) >= 11 is 0. The summed E-state index contributed by atoms with van der Waals surface area (Å²) in [6.07, 6.45) is -4.59. The Bertz CT molecular complexity index is 1360. The van der Waals surface area contributed by atoms with Gasteiger partial charge in [0, 0.05) is 27.5 Å². The van der Waals surface area contributed by atoms with Crippen LogP contribution in [0.1, 0.15) is 54.0 Å². The van der Waals surface area contributed by atoms with E-state index < -0.39 is 38.4 Å². The van der Waals surface area contributed by atoms with E-state index in [1.807, 2.05) is 52.0 Å². The van der Waals surface area contributed by atoms with Gasteiger partial charge in [-0.3, -0.25) is 0 Å². The summed E-state index contributed by atoms with van der Waals surface area (Å²) in [5.41, 5.74) is 5.33. The van der Waals surface area contributed by atoms with Crippen LogP contribution >= 0.6 is 0 Å². The number of nitrogen functional groups attached to an aromatic ring is 1. The van der Waals surface area contributed by atoms with Gasteiger partial charge < -0.3 is 19.5 Å². The highest BCUT2D eigenvalue weighted by Gasteiger charge is 2.54. The molecule has 1 fully saturated rings. The maximum atomic E-state index is 14.3. The van der Waals surface area contributed by atoms with Crippen molar-refractivity contribution in [3.05, 3.63) is 54.1 Å². The number of halogens is 3. The maximum absolute atomic E-state index is 14.3. The van der Waals surface area contributed by atoms with Crippen LogP contribution in [0.3, 0.4) is 0 Å². The minimum absolute atomic E-state index is 0.0342. The summed E-state index contributed by atoms with van der Waals surface area (Å²) < 4.78 is 62.9. The Morgan fingerprint density at radius 1 is 0.842 bits per heavy atom. The van der Waals surface area contributed by atoms with Crippen molar-refractivity contribution in [2.75, 3.05) is 5.73 Å². The standard InChI is InChI=1S/C29H37BF3NO3Si/c1-26(2,3)38(8,9)35-25-19-15-11-10-14-18(19)24(34)22(20-16-12-13-17-21(20)29(31,32)33)23(25)30-36-27(4,5)28(6,7)37-30/h10-17H,34H2,1-9H3. The fourth-order valence-corrected chi connectivity index (χ4v) is 5.43. The van der Waals surface area contributed by atoms with Crippen LogP contribution in [0, 0.1) is 0 Å². The molecule has 1 aliphatic heterocycles. The highest BCUT2D eigenvalue weighted by Crippen LogP contribution is 2.47. The van der Waals surface area contributed by atoms with Crippen molar-refractivity contribution in [2.45, 2.75) is 84.0 Å². The van der Waals surface area contributed by atoms with Gasteiger partial charge in [-0.25, -0.2) is 0 Å². The molecule has 0 unspecified atom stereocenters. The fraction of sp³-hybridized carbons (Fsp3) is 0.448. The SMILES string of the molecule is CC1(C)OB(c2c(-c3ccccc3C(F)(F)F)c(N)c3ccccc3c2O[Si](C)(C)C(C)(C)C)OC1(C)C. The molecule has 3 aromatic rings. The Morgan fingerprint density at radius 2 is 1.34 bits per heavy atom. The van der Waals surface area contributed by atoms with Crippen molar-refractivity contribution in [1.82, 2.24) is 0 Å². The van der Waals surface area contributed by atoms with Gasteiger partial charge in [0.1, 0.15) is 5.75 Å². The zero-order chi connectivity index (χ0) is 28.5. The van der Waals surface area contributed by atoms with Crippen molar-refractivity contribution in [3.63, 3.8) is 0 Å². The first kappa shape index (κ1) is 28.5. The van der Waals surface area contributed by atoms with Gasteiger partial charge in [-0.05, 0) is 57.5 Å². The summed E-state index contributed by atoms with van der Waals surface area (Å²) in [5.74, 6) is 0.465. The number of alkyl halides is 3. The van der Waals surface area contributed by atoms with Crippen LogP contribution in [0.4, 0.5) is 18.9 Å². The third-order valence-corrected chi connectivity index (χ3v) is 12.7. The molecule has 0 atom stereocenters. The van der Waals surface area contributed by atoms with Crippen molar-refractivity contribution in [1.29, 1.82) is 0 Å². The Balaban J connectivity index is 2.18. The van der Waals surface area contributed by atoms with Crippen LogP contribution in [-0.2, 0) is 15.5 Å². The van der Waals surface area contributed by atoms with Gasteiger partial charge in [0.05, 0.1) is 16.8 Å². The van der Waals surface area contributed by atoms with E-state index in [0.717, 1.165) is 6.07 Å². The van der Waals surface area contributed by atoms with Crippen molar-refractivity contribution in [2.24, 2.45) is 0 Å². The molecule has 0 saturated carbocycles. The topological polar surface area (TPSA) is 53.7 Å². The van der Waals surface area contributed by atoms with Gasteiger partial charge in [-0.2, -0.15) is 13.2 Å². The molecule has 0 radical (unpaired) electrons. The van der Waals surface area contributed by atoms with Gasteiger partial charge in [0.25, 0.3) is 0 Å². The molecule has 4 rings (SSSR count). The lowest BCUT2D eigenvalue weighted by atomic mass is 9.71. The molecule has 2 N–H and O–H groups in total. The van der Waals surface area contributed by atoms with Gasteiger partial charge >= 0.3 is 13.3 Å². The van der Waals surface area contributed by atoms with Crippen molar-refractivity contribution >= 4 is 37.4 Å². The molecular weight excluding hydrogens is 506 g/mol. The Hall–Kier alpha value is -2.49. The van der Waals surface area contributed by atoms with Crippen LogP contribution in [0.2, 0.25) is 18.1 Å². The van der Waals surface area contributed by atoms with Crippen LogP contribution in [0.15, 0.2) is 48.5 Å². The van der Waals surface area contributed by atoms with E-state index in [-0.39, 0.29) is 21.9 Å². The zero-order valence-electron chi connectivity index (χ0n) is 23.6. The number of rotatable bonds is 4. The molecule has 4 nitrogen and oxygen atoms in total. The van der Waals surface area contributed by atoms with E-state index in [0.29, 0.717) is 22.0 Å². The largest absolute Gasteiger partial charge is 0.543 e. The molecule has 0 spiro atoms. The van der Waals surface area contributed by atoms with Crippen LogP contribution < -0.4 is 15.6 Å². The predicted molar refractivity (Wildman–Crippen MR) is 152 cm³/mol. The first-order valence-electron chi connectivity index (χ1n) is 12.8. The molecule has 9 heteroatoms. The van der Waals surface area contributed by atoms with Gasteiger partial charge in [0.2, 0.25) is 8.32 Å². The lowest BCUT2D eigenvalue weighted by Gasteiger charge is -2.38. The van der Waals surface area contributed by atoms with Crippen molar-refractivity contribution in [3.8, 4) is 16.9 Å². The molecule has 1 aliphatic rings. The highest BCUT2D eigenvalue weighted by atomic mass is 28.4. The lowest BCUT2D eigenvalue weighted by molar-refractivity contribution is -0.137.